The van der Waals surface area contributed by atoms with E-state index in [-0.39, 0.29) is 5.43 Å². The number of rotatable bonds is 2. The first-order chi connectivity index (χ1) is 11.8. The highest BCUT2D eigenvalue weighted by Gasteiger charge is 2.14. The number of hydrogen-bond donors (Lipinski definition) is 2. The largest absolute Gasteiger partial charge is 0.481 e. The highest BCUT2D eigenvalue weighted by atomic mass is 16.4. The van der Waals surface area contributed by atoms with Crippen molar-refractivity contribution < 1.29 is 9.90 Å². The summed E-state index contributed by atoms with van der Waals surface area (Å²) in [7, 11) is 0. The summed E-state index contributed by atoms with van der Waals surface area (Å²) in [5.41, 5.74) is 5.78. The number of aliphatic carboxylic acids is 1. The fourth-order valence-corrected chi connectivity index (χ4v) is 2.51. The minimum absolute atomic E-state index is 0.0277. The van der Waals surface area contributed by atoms with Gasteiger partial charge in [-0.15, -0.1) is 0 Å². The van der Waals surface area contributed by atoms with Gasteiger partial charge in [-0.2, -0.15) is 0 Å². The van der Waals surface area contributed by atoms with Crippen LogP contribution in [0, 0.1) is 0 Å². The van der Waals surface area contributed by atoms with Crippen LogP contribution in [0.1, 0.15) is 32.3 Å². The van der Waals surface area contributed by atoms with Gasteiger partial charge in [0.15, 0.2) is 5.43 Å². The van der Waals surface area contributed by atoms with Gasteiger partial charge in [-0.05, 0) is 29.3 Å². The molecule has 4 heteroatoms. The SMILES string of the molecule is CC(C(=O)O)c1ccc2c(=O)c3ccccc3ccc2c1.CC(C)N. The van der Waals surface area contributed by atoms with Crippen LogP contribution in [0.5, 0.6) is 0 Å². The zero-order valence-electron chi connectivity index (χ0n) is 14.7. The van der Waals surface area contributed by atoms with E-state index >= 15 is 0 Å². The standard InChI is InChI=1S/C18H14O3.C3H9N/c1-11(18(20)21)13-8-9-16-14(10-13)7-6-12-4-2-3-5-15(12)17(16)19;1-3(2)4/h2-11H,1H3,(H,20,21);3H,4H2,1-2H3. The van der Waals surface area contributed by atoms with Crippen molar-refractivity contribution in [3.63, 3.8) is 0 Å². The molecule has 25 heavy (non-hydrogen) atoms. The Bertz CT molecular complexity index is 961. The monoisotopic (exact) mass is 337 g/mol. The molecule has 3 rings (SSSR count). The average molecular weight is 337 g/mol. The third-order valence-electron chi connectivity index (χ3n) is 3.84. The maximum atomic E-state index is 12.6. The van der Waals surface area contributed by atoms with Gasteiger partial charge in [0.1, 0.15) is 0 Å². The van der Waals surface area contributed by atoms with Gasteiger partial charge in [0, 0.05) is 10.8 Å². The molecule has 0 fully saturated rings. The molecule has 130 valence electrons. The summed E-state index contributed by atoms with van der Waals surface area (Å²) in [6.45, 7) is 5.53. The molecule has 3 aromatic rings. The Hall–Kier alpha value is -2.72. The number of benzene rings is 2. The second-order valence-corrected chi connectivity index (χ2v) is 6.40. The molecule has 1 atom stereocenters. The first-order valence-corrected chi connectivity index (χ1v) is 8.25. The second-order valence-electron chi connectivity index (χ2n) is 6.40. The highest BCUT2D eigenvalue weighted by molar-refractivity contribution is 5.93. The summed E-state index contributed by atoms with van der Waals surface area (Å²) in [6.07, 6.45) is 0. The molecule has 0 aliphatic heterocycles. The van der Waals surface area contributed by atoms with E-state index in [4.69, 9.17) is 10.8 Å². The third-order valence-corrected chi connectivity index (χ3v) is 3.84. The summed E-state index contributed by atoms with van der Waals surface area (Å²) < 4.78 is 0. The molecule has 0 radical (unpaired) electrons. The van der Waals surface area contributed by atoms with Crippen molar-refractivity contribution in [1.82, 2.24) is 0 Å². The van der Waals surface area contributed by atoms with E-state index in [9.17, 15) is 9.59 Å². The Morgan fingerprint density at radius 2 is 1.48 bits per heavy atom. The quantitative estimate of drug-likeness (QED) is 0.743. The molecule has 0 amide bonds. The zero-order valence-corrected chi connectivity index (χ0v) is 14.7. The Kier molecular flexibility index (Phi) is 5.88. The Labute approximate surface area is 146 Å². The Balaban J connectivity index is 0.000000511. The van der Waals surface area contributed by atoms with E-state index < -0.39 is 11.9 Å². The minimum Gasteiger partial charge on any atom is -0.481 e. The molecule has 1 unspecified atom stereocenters. The first kappa shape index (κ1) is 18.6. The topological polar surface area (TPSA) is 80.4 Å². The van der Waals surface area contributed by atoms with Gasteiger partial charge in [-0.3, -0.25) is 9.59 Å². The van der Waals surface area contributed by atoms with Crippen molar-refractivity contribution in [3.8, 4) is 0 Å². The predicted molar refractivity (Wildman–Crippen MR) is 103 cm³/mol. The lowest BCUT2D eigenvalue weighted by Crippen LogP contribution is -2.07. The molecule has 0 saturated heterocycles. The number of hydrogen-bond acceptors (Lipinski definition) is 3. The van der Waals surface area contributed by atoms with E-state index in [1.165, 1.54) is 0 Å². The molecule has 0 aliphatic rings. The van der Waals surface area contributed by atoms with E-state index in [0.717, 1.165) is 10.8 Å². The highest BCUT2D eigenvalue weighted by Crippen LogP contribution is 2.21. The number of fused-ring (bicyclic) bond motifs is 2. The van der Waals surface area contributed by atoms with Crippen molar-refractivity contribution in [1.29, 1.82) is 0 Å². The average Bonchev–Trinajstić information content (AvgIpc) is 2.71. The van der Waals surface area contributed by atoms with Crippen LogP contribution in [0.25, 0.3) is 21.5 Å². The van der Waals surface area contributed by atoms with Crippen molar-refractivity contribution in [2.45, 2.75) is 32.7 Å². The first-order valence-electron chi connectivity index (χ1n) is 8.25. The normalized spacial score (nSPS) is 11.9. The van der Waals surface area contributed by atoms with Crippen LogP contribution in [0.4, 0.5) is 0 Å². The molecule has 3 aromatic carbocycles. The third kappa shape index (κ3) is 4.43. The molecule has 0 spiro atoms. The van der Waals surface area contributed by atoms with Crippen LogP contribution in [0.2, 0.25) is 0 Å². The molecular formula is C21H23NO3. The fraction of sp³-hybridized carbons (Fsp3) is 0.238. The number of nitrogens with two attached hydrogens (primary N) is 1. The lowest BCUT2D eigenvalue weighted by molar-refractivity contribution is -0.138. The number of carboxylic acids is 1. The van der Waals surface area contributed by atoms with Crippen LogP contribution in [0.15, 0.2) is 59.4 Å². The van der Waals surface area contributed by atoms with E-state index in [2.05, 4.69) is 0 Å². The van der Waals surface area contributed by atoms with Gasteiger partial charge in [0.05, 0.1) is 5.92 Å². The molecular weight excluding hydrogens is 314 g/mol. The van der Waals surface area contributed by atoms with Gasteiger partial charge >= 0.3 is 5.97 Å². The van der Waals surface area contributed by atoms with E-state index in [0.29, 0.717) is 22.4 Å². The van der Waals surface area contributed by atoms with Crippen molar-refractivity contribution in [2.75, 3.05) is 0 Å². The number of carbonyl (C=O) groups is 1. The van der Waals surface area contributed by atoms with Gasteiger partial charge in [0.25, 0.3) is 0 Å². The van der Waals surface area contributed by atoms with Crippen molar-refractivity contribution >= 4 is 27.5 Å². The van der Waals surface area contributed by atoms with Crippen LogP contribution in [0.3, 0.4) is 0 Å². The fourth-order valence-electron chi connectivity index (χ4n) is 2.51. The van der Waals surface area contributed by atoms with E-state index in [1.807, 2.05) is 50.2 Å². The Morgan fingerprint density at radius 1 is 0.920 bits per heavy atom. The van der Waals surface area contributed by atoms with Crippen molar-refractivity contribution in [2.24, 2.45) is 5.73 Å². The summed E-state index contributed by atoms with van der Waals surface area (Å²) in [5, 5.41) is 12.0. The maximum Gasteiger partial charge on any atom is 0.310 e. The predicted octanol–water partition coefficient (Wildman–Crippen LogP) is 3.89. The van der Waals surface area contributed by atoms with E-state index in [1.54, 1.807) is 25.1 Å². The molecule has 0 saturated carbocycles. The summed E-state index contributed by atoms with van der Waals surface area (Å²) in [5.74, 6) is -1.47. The van der Waals surface area contributed by atoms with Crippen LogP contribution >= 0.6 is 0 Å². The summed E-state index contributed by atoms with van der Waals surface area (Å²) >= 11 is 0. The summed E-state index contributed by atoms with van der Waals surface area (Å²) in [6, 6.07) is 16.8. The zero-order chi connectivity index (χ0) is 18.6. The van der Waals surface area contributed by atoms with Gasteiger partial charge in [0.2, 0.25) is 0 Å². The smallest absolute Gasteiger partial charge is 0.310 e. The van der Waals surface area contributed by atoms with Gasteiger partial charge < -0.3 is 10.8 Å². The minimum atomic E-state index is -0.873. The van der Waals surface area contributed by atoms with Crippen LogP contribution in [-0.4, -0.2) is 17.1 Å². The molecule has 3 N–H and O–H groups in total. The van der Waals surface area contributed by atoms with Crippen LogP contribution in [-0.2, 0) is 4.79 Å². The van der Waals surface area contributed by atoms with Crippen LogP contribution < -0.4 is 11.2 Å². The lowest BCUT2D eigenvalue weighted by atomic mass is 9.99. The molecule has 0 aromatic heterocycles. The lowest BCUT2D eigenvalue weighted by Gasteiger charge is -2.06. The van der Waals surface area contributed by atoms with Gasteiger partial charge in [-0.1, -0.05) is 68.4 Å². The van der Waals surface area contributed by atoms with Crippen molar-refractivity contribution in [3.05, 3.63) is 70.4 Å². The maximum absolute atomic E-state index is 12.6. The molecule has 0 bridgehead atoms. The second kappa shape index (κ2) is 7.90. The molecule has 0 aliphatic carbocycles. The summed E-state index contributed by atoms with van der Waals surface area (Å²) in [4.78, 5) is 23.7. The molecule has 0 heterocycles. The van der Waals surface area contributed by atoms with Gasteiger partial charge in [-0.25, -0.2) is 0 Å². The number of carboxylic acid groups (broad SMARTS) is 1. The Morgan fingerprint density at radius 3 is 2.12 bits per heavy atom. The molecule has 4 nitrogen and oxygen atoms in total.